The molecule has 1 heterocycles. The Morgan fingerprint density at radius 1 is 0.844 bits per heavy atom. The smallest absolute Gasteiger partial charge is 0.252 e. The summed E-state index contributed by atoms with van der Waals surface area (Å²) in [5.74, 6) is 0.0991. The third kappa shape index (κ3) is 4.14. The predicted molar refractivity (Wildman–Crippen MR) is 124 cm³/mol. The van der Waals surface area contributed by atoms with Crippen LogP contribution in [0.25, 0.3) is 22.1 Å². The van der Waals surface area contributed by atoms with Crippen molar-refractivity contribution in [2.45, 2.75) is 18.9 Å². The van der Waals surface area contributed by atoms with Gasteiger partial charge in [0, 0.05) is 23.5 Å². The lowest BCUT2D eigenvalue weighted by Gasteiger charge is -2.20. The fraction of sp³-hybridized carbons (Fsp3) is 0.185. The molecule has 2 amide bonds. The van der Waals surface area contributed by atoms with Crippen LogP contribution in [0.1, 0.15) is 33.6 Å². The monoisotopic (exact) mass is 424 g/mol. The second kappa shape index (κ2) is 8.71. The van der Waals surface area contributed by atoms with Crippen LogP contribution in [0.3, 0.4) is 0 Å². The van der Waals surface area contributed by atoms with Gasteiger partial charge >= 0.3 is 0 Å². The topological polar surface area (TPSA) is 71.3 Å². The molecule has 1 aliphatic carbocycles. The number of benzene rings is 3. The summed E-state index contributed by atoms with van der Waals surface area (Å²) < 4.78 is 5.39. The van der Waals surface area contributed by atoms with E-state index in [0.29, 0.717) is 29.2 Å². The molecule has 1 fully saturated rings. The fourth-order valence-corrected chi connectivity index (χ4v) is 4.12. The minimum Gasteiger partial charge on any atom is -0.464 e. The number of furan rings is 1. The zero-order valence-electron chi connectivity index (χ0n) is 17.6. The van der Waals surface area contributed by atoms with Gasteiger partial charge in [-0.05, 0) is 54.2 Å². The second-order valence-electron chi connectivity index (χ2n) is 8.18. The Kier molecular flexibility index (Phi) is 5.46. The van der Waals surface area contributed by atoms with Gasteiger partial charge < -0.3 is 15.1 Å². The van der Waals surface area contributed by atoms with E-state index in [1.54, 1.807) is 24.5 Å². The first-order chi connectivity index (χ1) is 15.7. The van der Waals surface area contributed by atoms with Gasteiger partial charge in [-0.25, -0.2) is 0 Å². The molecule has 5 nitrogen and oxygen atoms in total. The van der Waals surface area contributed by atoms with Crippen LogP contribution >= 0.6 is 0 Å². The largest absolute Gasteiger partial charge is 0.464 e. The first kappa shape index (κ1) is 20.1. The molecule has 2 N–H and O–H groups in total. The van der Waals surface area contributed by atoms with Gasteiger partial charge in [-0.3, -0.25) is 9.59 Å². The van der Waals surface area contributed by atoms with Crippen molar-refractivity contribution in [2.75, 3.05) is 6.54 Å². The standard InChI is InChI=1S/C27H24N2O3/c30-26(23-11-6-12-25-21(23)15-16-32-25)28-17-24(19-13-14-19)29-27(31)22-10-5-4-9-20(22)18-7-2-1-3-8-18/h1-12,15-16,19,24H,13-14,17H2,(H,28,30)(H,29,31)/t24-/m0/s1. The molecule has 0 unspecified atom stereocenters. The Balaban J connectivity index is 1.30. The molecule has 1 saturated carbocycles. The molecule has 0 aliphatic heterocycles. The summed E-state index contributed by atoms with van der Waals surface area (Å²) in [7, 11) is 0. The summed E-state index contributed by atoms with van der Waals surface area (Å²) in [6.07, 6.45) is 3.69. The predicted octanol–water partition coefficient (Wildman–Crippen LogP) is 5.04. The Morgan fingerprint density at radius 2 is 1.59 bits per heavy atom. The molecule has 3 aromatic carbocycles. The van der Waals surface area contributed by atoms with Crippen molar-refractivity contribution < 1.29 is 14.0 Å². The molecule has 1 aliphatic rings. The van der Waals surface area contributed by atoms with E-state index in [2.05, 4.69) is 10.6 Å². The van der Waals surface area contributed by atoms with Crippen molar-refractivity contribution >= 4 is 22.8 Å². The normalized spacial score (nSPS) is 14.1. The van der Waals surface area contributed by atoms with Gasteiger partial charge in [0.15, 0.2) is 0 Å². The molecule has 0 spiro atoms. The summed E-state index contributed by atoms with van der Waals surface area (Å²) >= 11 is 0. The fourth-order valence-electron chi connectivity index (χ4n) is 4.12. The number of amides is 2. The van der Waals surface area contributed by atoms with Crippen LogP contribution in [0.4, 0.5) is 0 Å². The molecule has 1 aromatic heterocycles. The van der Waals surface area contributed by atoms with Gasteiger partial charge in [0.2, 0.25) is 0 Å². The lowest BCUT2D eigenvalue weighted by Crippen LogP contribution is -2.45. The van der Waals surface area contributed by atoms with Crippen LogP contribution < -0.4 is 10.6 Å². The van der Waals surface area contributed by atoms with E-state index in [1.165, 1.54) is 0 Å². The molecule has 5 rings (SSSR count). The second-order valence-corrected chi connectivity index (χ2v) is 8.18. The summed E-state index contributed by atoms with van der Waals surface area (Å²) in [6, 6.07) is 24.6. The summed E-state index contributed by atoms with van der Waals surface area (Å²) in [5.41, 5.74) is 3.80. The number of rotatable bonds is 7. The number of hydrogen-bond donors (Lipinski definition) is 2. The molecular weight excluding hydrogens is 400 g/mol. The molecule has 0 saturated heterocycles. The van der Waals surface area contributed by atoms with Gasteiger partial charge in [-0.2, -0.15) is 0 Å². The van der Waals surface area contributed by atoms with E-state index in [0.717, 1.165) is 29.4 Å². The molecule has 1 atom stereocenters. The van der Waals surface area contributed by atoms with Crippen LogP contribution in [0.5, 0.6) is 0 Å². The van der Waals surface area contributed by atoms with Crippen molar-refractivity contribution in [1.29, 1.82) is 0 Å². The van der Waals surface area contributed by atoms with Gasteiger partial charge in [0.25, 0.3) is 11.8 Å². The lowest BCUT2D eigenvalue weighted by atomic mass is 9.99. The highest BCUT2D eigenvalue weighted by Crippen LogP contribution is 2.33. The van der Waals surface area contributed by atoms with Gasteiger partial charge in [0.1, 0.15) is 5.58 Å². The first-order valence-electron chi connectivity index (χ1n) is 10.9. The molecule has 4 aromatic rings. The summed E-state index contributed by atoms with van der Waals surface area (Å²) in [6.45, 7) is 0.386. The van der Waals surface area contributed by atoms with Gasteiger partial charge in [-0.15, -0.1) is 0 Å². The van der Waals surface area contributed by atoms with Crippen molar-refractivity contribution in [3.8, 4) is 11.1 Å². The third-order valence-corrected chi connectivity index (χ3v) is 5.99. The minimum atomic E-state index is -0.165. The van der Waals surface area contributed by atoms with E-state index in [4.69, 9.17) is 4.42 Å². The molecule has 5 heteroatoms. The highest BCUT2D eigenvalue weighted by Gasteiger charge is 2.33. The SMILES string of the molecule is O=C(N[C@@H](CNC(=O)c1cccc2occc12)C1CC1)c1ccccc1-c1ccccc1. The zero-order valence-corrected chi connectivity index (χ0v) is 17.6. The van der Waals surface area contributed by atoms with Gasteiger partial charge in [-0.1, -0.05) is 54.6 Å². The Labute approximate surface area is 186 Å². The lowest BCUT2D eigenvalue weighted by molar-refractivity contribution is 0.0904. The highest BCUT2D eigenvalue weighted by molar-refractivity contribution is 6.06. The van der Waals surface area contributed by atoms with Crippen LogP contribution in [0.15, 0.2) is 89.5 Å². The van der Waals surface area contributed by atoms with Crippen molar-refractivity contribution in [2.24, 2.45) is 5.92 Å². The Hall–Kier alpha value is -3.86. The third-order valence-electron chi connectivity index (χ3n) is 5.99. The zero-order chi connectivity index (χ0) is 21.9. The minimum absolute atomic E-state index is 0.112. The molecule has 32 heavy (non-hydrogen) atoms. The molecule has 0 bridgehead atoms. The number of nitrogens with one attached hydrogen (secondary N) is 2. The summed E-state index contributed by atoms with van der Waals surface area (Å²) in [5, 5.41) is 6.97. The number of hydrogen-bond acceptors (Lipinski definition) is 3. The maximum absolute atomic E-state index is 13.2. The maximum atomic E-state index is 13.2. The summed E-state index contributed by atoms with van der Waals surface area (Å²) in [4.78, 5) is 26.0. The van der Waals surface area contributed by atoms with Crippen LogP contribution in [0, 0.1) is 5.92 Å². The number of fused-ring (bicyclic) bond motifs is 1. The van der Waals surface area contributed by atoms with E-state index >= 15 is 0 Å². The molecular formula is C27H24N2O3. The van der Waals surface area contributed by atoms with Crippen molar-refractivity contribution in [3.05, 3.63) is 96.3 Å². The quantitative estimate of drug-likeness (QED) is 0.437. The molecule has 160 valence electrons. The first-order valence-corrected chi connectivity index (χ1v) is 10.9. The van der Waals surface area contributed by atoms with Gasteiger partial charge in [0.05, 0.1) is 11.8 Å². The number of carbonyl (C=O) groups is 2. The van der Waals surface area contributed by atoms with Crippen LogP contribution in [-0.4, -0.2) is 24.4 Å². The van der Waals surface area contributed by atoms with Crippen LogP contribution in [-0.2, 0) is 0 Å². The number of carbonyl (C=O) groups excluding carboxylic acids is 2. The van der Waals surface area contributed by atoms with Crippen LogP contribution in [0.2, 0.25) is 0 Å². The maximum Gasteiger partial charge on any atom is 0.252 e. The van der Waals surface area contributed by atoms with Crippen molar-refractivity contribution in [3.63, 3.8) is 0 Å². The Bertz CT molecular complexity index is 1260. The van der Waals surface area contributed by atoms with E-state index in [1.807, 2.05) is 60.7 Å². The Morgan fingerprint density at radius 3 is 2.41 bits per heavy atom. The molecule has 0 radical (unpaired) electrons. The van der Waals surface area contributed by atoms with E-state index in [9.17, 15) is 9.59 Å². The van der Waals surface area contributed by atoms with Crippen molar-refractivity contribution in [1.82, 2.24) is 10.6 Å². The highest BCUT2D eigenvalue weighted by atomic mass is 16.3. The van der Waals surface area contributed by atoms with E-state index in [-0.39, 0.29) is 17.9 Å². The average Bonchev–Trinajstić information content (AvgIpc) is 3.57. The van der Waals surface area contributed by atoms with E-state index < -0.39 is 0 Å². The average molecular weight is 425 g/mol.